The van der Waals surface area contributed by atoms with Crippen molar-refractivity contribution in [1.29, 1.82) is 0 Å². The predicted octanol–water partition coefficient (Wildman–Crippen LogP) is 2.43. The minimum Gasteiger partial charge on any atom is -0.497 e. The monoisotopic (exact) mass is 339 g/mol. The number of nitrogens with zero attached hydrogens (tertiary/aromatic N) is 2. The lowest BCUT2D eigenvalue weighted by atomic mass is 10.1. The number of methoxy groups -OCH3 is 2. The fraction of sp³-hybridized carbons (Fsp3) is 0.263. The molecule has 0 fully saturated rings. The lowest BCUT2D eigenvalue weighted by molar-refractivity contribution is 0.415. The van der Waals surface area contributed by atoms with Gasteiger partial charge in [0.1, 0.15) is 17.3 Å². The topological polar surface area (TPSA) is 79.4 Å². The van der Waals surface area contributed by atoms with Crippen molar-refractivity contribution in [2.75, 3.05) is 20.8 Å². The van der Waals surface area contributed by atoms with Crippen molar-refractivity contribution < 1.29 is 9.47 Å². The van der Waals surface area contributed by atoms with Gasteiger partial charge in [0.2, 0.25) is 0 Å². The molecule has 0 saturated carbocycles. The van der Waals surface area contributed by atoms with Gasteiger partial charge in [-0.15, -0.1) is 0 Å². The molecule has 6 heteroatoms. The van der Waals surface area contributed by atoms with E-state index in [0.29, 0.717) is 47.7 Å². The van der Waals surface area contributed by atoms with E-state index in [9.17, 15) is 4.79 Å². The first-order chi connectivity index (χ1) is 12.2. The Hall–Kier alpha value is -2.86. The van der Waals surface area contributed by atoms with Gasteiger partial charge in [0.25, 0.3) is 5.56 Å². The van der Waals surface area contributed by atoms with E-state index in [0.717, 1.165) is 5.56 Å². The number of rotatable bonds is 6. The van der Waals surface area contributed by atoms with Gasteiger partial charge in [-0.2, -0.15) is 0 Å². The second-order valence-corrected chi connectivity index (χ2v) is 5.65. The van der Waals surface area contributed by atoms with E-state index in [1.165, 1.54) is 0 Å². The van der Waals surface area contributed by atoms with E-state index in [-0.39, 0.29) is 5.56 Å². The van der Waals surface area contributed by atoms with Gasteiger partial charge in [0, 0.05) is 12.1 Å². The van der Waals surface area contributed by atoms with Gasteiger partial charge in [0.05, 0.1) is 25.1 Å². The van der Waals surface area contributed by atoms with Crippen LogP contribution in [0.1, 0.15) is 6.42 Å². The maximum atomic E-state index is 13.0. The highest BCUT2D eigenvalue weighted by Crippen LogP contribution is 2.24. The number of fused-ring (bicyclic) bond motifs is 1. The molecule has 1 heterocycles. The quantitative estimate of drug-likeness (QED) is 0.746. The van der Waals surface area contributed by atoms with Gasteiger partial charge in [-0.25, -0.2) is 4.98 Å². The van der Waals surface area contributed by atoms with E-state index >= 15 is 0 Å². The Morgan fingerprint density at radius 1 is 1.08 bits per heavy atom. The van der Waals surface area contributed by atoms with E-state index < -0.39 is 0 Å². The highest BCUT2D eigenvalue weighted by Gasteiger charge is 2.14. The standard InChI is InChI=1S/C19H21N3O3/c1-24-14-6-3-5-13(11-14)18-21-17-8-7-15(25-2)12-16(17)19(23)22(18)10-4-9-20/h3,5-8,11-12H,4,9-10,20H2,1-2H3. The first kappa shape index (κ1) is 17.0. The summed E-state index contributed by atoms with van der Waals surface area (Å²) in [4.78, 5) is 17.8. The summed E-state index contributed by atoms with van der Waals surface area (Å²) >= 11 is 0. The van der Waals surface area contributed by atoms with Crippen LogP contribution >= 0.6 is 0 Å². The Bertz CT molecular complexity index is 950. The zero-order valence-electron chi connectivity index (χ0n) is 14.4. The van der Waals surface area contributed by atoms with Crippen LogP contribution in [0, 0.1) is 0 Å². The van der Waals surface area contributed by atoms with Crippen LogP contribution in [-0.2, 0) is 6.54 Å². The van der Waals surface area contributed by atoms with Gasteiger partial charge in [-0.05, 0) is 43.3 Å². The highest BCUT2D eigenvalue weighted by molar-refractivity contribution is 5.81. The third-order valence-electron chi connectivity index (χ3n) is 4.08. The number of aromatic nitrogens is 2. The molecule has 130 valence electrons. The van der Waals surface area contributed by atoms with Gasteiger partial charge >= 0.3 is 0 Å². The predicted molar refractivity (Wildman–Crippen MR) is 98.2 cm³/mol. The average Bonchev–Trinajstić information content (AvgIpc) is 2.67. The average molecular weight is 339 g/mol. The molecule has 0 unspecified atom stereocenters. The zero-order chi connectivity index (χ0) is 17.8. The maximum absolute atomic E-state index is 13.0. The molecule has 25 heavy (non-hydrogen) atoms. The largest absolute Gasteiger partial charge is 0.497 e. The van der Waals surface area contributed by atoms with Crippen LogP contribution in [-0.4, -0.2) is 30.3 Å². The molecule has 3 rings (SSSR count). The molecule has 2 aromatic carbocycles. The van der Waals surface area contributed by atoms with Crippen molar-refractivity contribution in [3.05, 3.63) is 52.8 Å². The van der Waals surface area contributed by atoms with Crippen molar-refractivity contribution in [3.63, 3.8) is 0 Å². The minimum atomic E-state index is -0.102. The molecule has 0 amide bonds. The summed E-state index contributed by atoms with van der Waals surface area (Å²) in [5.74, 6) is 1.95. The molecule has 0 atom stereocenters. The van der Waals surface area contributed by atoms with Crippen molar-refractivity contribution in [2.24, 2.45) is 5.73 Å². The van der Waals surface area contributed by atoms with Gasteiger partial charge in [-0.3, -0.25) is 9.36 Å². The molecule has 0 bridgehead atoms. The van der Waals surface area contributed by atoms with E-state index in [4.69, 9.17) is 20.2 Å². The normalized spacial score (nSPS) is 10.8. The first-order valence-electron chi connectivity index (χ1n) is 8.11. The summed E-state index contributed by atoms with van der Waals surface area (Å²) in [5, 5.41) is 0.531. The van der Waals surface area contributed by atoms with E-state index in [2.05, 4.69) is 0 Å². The van der Waals surface area contributed by atoms with Crippen LogP contribution in [0.4, 0.5) is 0 Å². The van der Waals surface area contributed by atoms with Crippen LogP contribution < -0.4 is 20.8 Å². The smallest absolute Gasteiger partial charge is 0.261 e. The Morgan fingerprint density at radius 2 is 1.84 bits per heavy atom. The lowest BCUT2D eigenvalue weighted by Gasteiger charge is -2.14. The molecule has 3 aromatic rings. The van der Waals surface area contributed by atoms with Crippen LogP contribution in [0.5, 0.6) is 11.5 Å². The molecule has 2 N–H and O–H groups in total. The Kier molecular flexibility index (Phi) is 5.00. The molecule has 0 aliphatic carbocycles. The Morgan fingerprint density at radius 3 is 2.56 bits per heavy atom. The summed E-state index contributed by atoms with van der Waals surface area (Å²) in [6.07, 6.45) is 0.689. The third-order valence-corrected chi connectivity index (χ3v) is 4.08. The van der Waals surface area contributed by atoms with Gasteiger partial charge < -0.3 is 15.2 Å². The van der Waals surface area contributed by atoms with Gasteiger partial charge in [-0.1, -0.05) is 12.1 Å². The molecule has 0 radical (unpaired) electrons. The zero-order valence-corrected chi connectivity index (χ0v) is 14.4. The van der Waals surface area contributed by atoms with Crippen LogP contribution in [0.2, 0.25) is 0 Å². The Balaban J connectivity index is 2.26. The third kappa shape index (κ3) is 3.34. The minimum absolute atomic E-state index is 0.102. The summed E-state index contributed by atoms with van der Waals surface area (Å²) < 4.78 is 12.2. The summed E-state index contributed by atoms with van der Waals surface area (Å²) in [6.45, 7) is 1.00. The summed E-state index contributed by atoms with van der Waals surface area (Å²) in [6, 6.07) is 12.8. The molecule has 0 aliphatic heterocycles. The molecule has 0 saturated heterocycles. The van der Waals surface area contributed by atoms with E-state index in [1.54, 1.807) is 37.0 Å². The number of nitrogens with two attached hydrogens (primary N) is 1. The fourth-order valence-electron chi connectivity index (χ4n) is 2.77. The molecule has 0 aliphatic rings. The van der Waals surface area contributed by atoms with Crippen LogP contribution in [0.25, 0.3) is 22.3 Å². The number of benzene rings is 2. The highest BCUT2D eigenvalue weighted by atomic mass is 16.5. The Labute approximate surface area is 145 Å². The molecular formula is C19H21N3O3. The summed E-state index contributed by atoms with van der Waals surface area (Å²) in [5.41, 5.74) is 7.00. The van der Waals surface area contributed by atoms with Crippen molar-refractivity contribution in [3.8, 4) is 22.9 Å². The summed E-state index contributed by atoms with van der Waals surface area (Å²) in [7, 11) is 3.19. The first-order valence-corrected chi connectivity index (χ1v) is 8.11. The second-order valence-electron chi connectivity index (χ2n) is 5.65. The second kappa shape index (κ2) is 7.36. The number of ether oxygens (including phenoxy) is 2. The van der Waals surface area contributed by atoms with Crippen molar-refractivity contribution in [2.45, 2.75) is 13.0 Å². The van der Waals surface area contributed by atoms with Crippen LogP contribution in [0.3, 0.4) is 0 Å². The maximum Gasteiger partial charge on any atom is 0.261 e. The molecular weight excluding hydrogens is 318 g/mol. The van der Waals surface area contributed by atoms with E-state index in [1.807, 2.05) is 24.3 Å². The molecule has 0 spiro atoms. The van der Waals surface area contributed by atoms with Crippen molar-refractivity contribution in [1.82, 2.24) is 9.55 Å². The van der Waals surface area contributed by atoms with Crippen LogP contribution in [0.15, 0.2) is 47.3 Å². The SMILES string of the molecule is COc1cccc(-c2nc3ccc(OC)cc3c(=O)n2CCCN)c1. The number of hydrogen-bond acceptors (Lipinski definition) is 5. The fourth-order valence-corrected chi connectivity index (χ4v) is 2.77. The number of hydrogen-bond donors (Lipinski definition) is 1. The molecule has 6 nitrogen and oxygen atoms in total. The van der Waals surface area contributed by atoms with Crippen molar-refractivity contribution >= 4 is 10.9 Å². The van der Waals surface area contributed by atoms with Gasteiger partial charge in [0.15, 0.2) is 0 Å². The lowest BCUT2D eigenvalue weighted by Crippen LogP contribution is -2.24. The molecule has 1 aromatic heterocycles.